The minimum Gasteiger partial charge on any atom is -0.330 e. The molecule has 0 bridgehead atoms. The predicted molar refractivity (Wildman–Crippen MR) is 94.0 cm³/mol. The number of amides is 1. The zero-order valence-corrected chi connectivity index (χ0v) is 14.1. The molecular formula is C15H12FIN2OS. The number of halogens is 2. The van der Waals surface area contributed by atoms with Gasteiger partial charge in [-0.3, -0.25) is 10.1 Å². The van der Waals surface area contributed by atoms with E-state index in [1.54, 1.807) is 30.3 Å². The van der Waals surface area contributed by atoms with E-state index >= 15 is 0 Å². The van der Waals surface area contributed by atoms with E-state index in [2.05, 4.69) is 33.2 Å². The number of benzene rings is 2. The number of nitrogens with one attached hydrogen (secondary N) is 2. The summed E-state index contributed by atoms with van der Waals surface area (Å²) in [5.74, 6) is -0.763. The molecule has 2 N–H and O–H groups in total. The van der Waals surface area contributed by atoms with Gasteiger partial charge in [-0.2, -0.15) is 0 Å². The summed E-state index contributed by atoms with van der Waals surface area (Å²) in [5.41, 5.74) is 1.82. The van der Waals surface area contributed by atoms with E-state index in [0.717, 1.165) is 9.13 Å². The topological polar surface area (TPSA) is 41.1 Å². The van der Waals surface area contributed by atoms with Gasteiger partial charge in [-0.15, -0.1) is 0 Å². The van der Waals surface area contributed by atoms with Crippen molar-refractivity contribution in [1.82, 2.24) is 5.32 Å². The molecule has 0 atom stereocenters. The molecule has 0 aliphatic heterocycles. The molecule has 2 rings (SSSR count). The lowest BCUT2D eigenvalue weighted by atomic mass is 10.1. The van der Waals surface area contributed by atoms with E-state index < -0.39 is 5.82 Å². The van der Waals surface area contributed by atoms with Crippen molar-refractivity contribution in [3.63, 3.8) is 0 Å². The molecule has 0 heterocycles. The average Bonchev–Trinajstić information content (AvgIpc) is 2.44. The molecule has 0 spiro atoms. The number of aryl methyl sites for hydroxylation is 1. The highest BCUT2D eigenvalue weighted by Crippen LogP contribution is 2.14. The maximum absolute atomic E-state index is 13.5. The van der Waals surface area contributed by atoms with E-state index in [-0.39, 0.29) is 16.7 Å². The van der Waals surface area contributed by atoms with E-state index in [4.69, 9.17) is 12.2 Å². The highest BCUT2D eigenvalue weighted by atomic mass is 127. The van der Waals surface area contributed by atoms with Crippen LogP contribution in [0.2, 0.25) is 0 Å². The molecule has 0 saturated heterocycles. The summed E-state index contributed by atoms with van der Waals surface area (Å²) in [5, 5.41) is 5.25. The van der Waals surface area contributed by atoms with Crippen LogP contribution in [0.5, 0.6) is 0 Å². The Balaban J connectivity index is 2.04. The lowest BCUT2D eigenvalue weighted by Gasteiger charge is -2.10. The second kappa shape index (κ2) is 6.95. The molecule has 0 aromatic heterocycles. The third-order valence-electron chi connectivity index (χ3n) is 2.78. The summed E-state index contributed by atoms with van der Waals surface area (Å²) in [6, 6.07) is 11.5. The van der Waals surface area contributed by atoms with Gasteiger partial charge in [0.25, 0.3) is 5.91 Å². The first kappa shape index (κ1) is 15.8. The van der Waals surface area contributed by atoms with Crippen molar-refractivity contribution < 1.29 is 9.18 Å². The highest BCUT2D eigenvalue weighted by molar-refractivity contribution is 14.1. The van der Waals surface area contributed by atoms with Gasteiger partial charge in [-0.25, -0.2) is 4.39 Å². The number of thiocarbonyl (C=S) groups is 1. The van der Waals surface area contributed by atoms with Crippen molar-refractivity contribution in [3.8, 4) is 0 Å². The Morgan fingerprint density at radius 1 is 1.24 bits per heavy atom. The Bertz CT molecular complexity index is 706. The number of anilines is 1. The first-order valence-corrected chi connectivity index (χ1v) is 7.59. The van der Waals surface area contributed by atoms with Crippen LogP contribution in [0, 0.1) is 16.3 Å². The predicted octanol–water partition coefficient (Wildman–Crippen LogP) is 3.87. The summed E-state index contributed by atoms with van der Waals surface area (Å²) in [6.07, 6.45) is 0. The SMILES string of the molecule is Cc1ccc(C(=O)NC(=S)Nc2ccccc2F)cc1I. The van der Waals surface area contributed by atoms with E-state index in [1.807, 2.05) is 13.0 Å². The fourth-order valence-electron chi connectivity index (χ4n) is 1.63. The number of carbonyl (C=O) groups excluding carboxylic acids is 1. The van der Waals surface area contributed by atoms with Crippen LogP contribution in [-0.4, -0.2) is 11.0 Å². The van der Waals surface area contributed by atoms with Gasteiger partial charge in [0.1, 0.15) is 5.82 Å². The molecular weight excluding hydrogens is 402 g/mol. The van der Waals surface area contributed by atoms with Gasteiger partial charge in [0.15, 0.2) is 5.11 Å². The summed E-state index contributed by atoms with van der Waals surface area (Å²) >= 11 is 7.18. The molecule has 0 aliphatic carbocycles. The smallest absolute Gasteiger partial charge is 0.257 e. The minimum absolute atomic E-state index is 0.0562. The lowest BCUT2D eigenvalue weighted by molar-refractivity contribution is 0.0977. The van der Waals surface area contributed by atoms with Crippen molar-refractivity contribution in [2.75, 3.05) is 5.32 Å². The first-order chi connectivity index (χ1) is 9.97. The van der Waals surface area contributed by atoms with Crippen molar-refractivity contribution >= 4 is 51.5 Å². The average molecular weight is 414 g/mol. The van der Waals surface area contributed by atoms with Gasteiger partial charge < -0.3 is 5.32 Å². The Kier molecular flexibility index (Phi) is 5.24. The largest absolute Gasteiger partial charge is 0.330 e. The molecule has 1 amide bonds. The molecule has 0 fully saturated rings. The van der Waals surface area contributed by atoms with Crippen molar-refractivity contribution in [3.05, 3.63) is 63.0 Å². The number of hydrogen-bond donors (Lipinski definition) is 2. The van der Waals surface area contributed by atoms with Gasteiger partial charge in [-0.1, -0.05) is 18.2 Å². The number of carbonyl (C=O) groups is 1. The van der Waals surface area contributed by atoms with Crippen LogP contribution < -0.4 is 10.6 Å². The summed E-state index contributed by atoms with van der Waals surface area (Å²) in [4.78, 5) is 12.1. The molecule has 3 nitrogen and oxygen atoms in total. The highest BCUT2D eigenvalue weighted by Gasteiger charge is 2.10. The van der Waals surface area contributed by atoms with Crippen LogP contribution in [0.25, 0.3) is 0 Å². The fourth-order valence-corrected chi connectivity index (χ4v) is 2.34. The minimum atomic E-state index is -0.431. The van der Waals surface area contributed by atoms with Crippen LogP contribution in [0.15, 0.2) is 42.5 Å². The molecule has 0 aliphatic rings. The quantitative estimate of drug-likeness (QED) is 0.579. The van der Waals surface area contributed by atoms with Gasteiger partial charge >= 0.3 is 0 Å². The van der Waals surface area contributed by atoms with E-state index in [0.29, 0.717) is 5.56 Å². The molecule has 0 radical (unpaired) electrons. The van der Waals surface area contributed by atoms with Crippen molar-refractivity contribution in [1.29, 1.82) is 0 Å². The van der Waals surface area contributed by atoms with Crippen LogP contribution >= 0.6 is 34.8 Å². The van der Waals surface area contributed by atoms with E-state index in [9.17, 15) is 9.18 Å². The third kappa shape index (κ3) is 4.21. The first-order valence-electron chi connectivity index (χ1n) is 6.10. The summed E-state index contributed by atoms with van der Waals surface area (Å²) in [7, 11) is 0. The van der Waals surface area contributed by atoms with Gasteiger partial charge in [0.2, 0.25) is 0 Å². The van der Waals surface area contributed by atoms with Crippen LogP contribution in [0.4, 0.5) is 10.1 Å². The normalized spacial score (nSPS) is 10.0. The molecule has 2 aromatic rings. The molecule has 2 aromatic carbocycles. The van der Waals surface area contributed by atoms with Crippen LogP contribution in [0.3, 0.4) is 0 Å². The monoisotopic (exact) mass is 414 g/mol. The Labute approximate surface area is 141 Å². The molecule has 21 heavy (non-hydrogen) atoms. The molecule has 0 saturated carbocycles. The van der Waals surface area contributed by atoms with Crippen molar-refractivity contribution in [2.45, 2.75) is 6.92 Å². The van der Waals surface area contributed by atoms with Gasteiger partial charge in [0, 0.05) is 9.13 Å². The van der Waals surface area contributed by atoms with E-state index in [1.165, 1.54) is 6.07 Å². The molecule has 108 valence electrons. The lowest BCUT2D eigenvalue weighted by Crippen LogP contribution is -2.34. The third-order valence-corrected chi connectivity index (χ3v) is 4.15. The molecule has 6 heteroatoms. The Morgan fingerprint density at radius 2 is 1.95 bits per heavy atom. The second-order valence-electron chi connectivity index (χ2n) is 4.35. The molecule has 0 unspecified atom stereocenters. The Hall–Kier alpha value is -1.54. The zero-order valence-electron chi connectivity index (χ0n) is 11.1. The van der Waals surface area contributed by atoms with Crippen molar-refractivity contribution in [2.24, 2.45) is 0 Å². The maximum Gasteiger partial charge on any atom is 0.257 e. The summed E-state index contributed by atoms with van der Waals surface area (Å²) < 4.78 is 14.5. The fraction of sp³-hybridized carbons (Fsp3) is 0.0667. The standard InChI is InChI=1S/C15H12FIN2OS/c1-9-6-7-10(8-12(9)17)14(20)19-15(21)18-13-5-3-2-4-11(13)16/h2-8H,1H3,(H2,18,19,20,21). The Morgan fingerprint density at radius 3 is 2.62 bits per heavy atom. The zero-order chi connectivity index (χ0) is 15.4. The van der Waals surface area contributed by atoms with Gasteiger partial charge in [0.05, 0.1) is 5.69 Å². The van der Waals surface area contributed by atoms with Crippen LogP contribution in [0.1, 0.15) is 15.9 Å². The number of hydrogen-bond acceptors (Lipinski definition) is 2. The van der Waals surface area contributed by atoms with Gasteiger partial charge in [-0.05, 0) is 71.6 Å². The summed E-state index contributed by atoms with van der Waals surface area (Å²) in [6.45, 7) is 1.97. The maximum atomic E-state index is 13.5. The number of para-hydroxylation sites is 1. The number of rotatable bonds is 2. The second-order valence-corrected chi connectivity index (χ2v) is 5.92. The van der Waals surface area contributed by atoms with Crippen LogP contribution in [-0.2, 0) is 0 Å².